The summed E-state index contributed by atoms with van der Waals surface area (Å²) in [4.78, 5) is 14.6. The first-order valence-electron chi connectivity index (χ1n) is 8.20. The van der Waals surface area contributed by atoms with Crippen molar-refractivity contribution in [1.29, 1.82) is 0 Å². The van der Waals surface area contributed by atoms with E-state index in [1.807, 2.05) is 42.5 Å². The van der Waals surface area contributed by atoms with Gasteiger partial charge in [0.15, 0.2) is 0 Å². The van der Waals surface area contributed by atoms with E-state index >= 15 is 0 Å². The monoisotopic (exact) mass is 388 g/mol. The molecule has 24 heavy (non-hydrogen) atoms. The van der Waals surface area contributed by atoms with Gasteiger partial charge in [0.1, 0.15) is 0 Å². The highest BCUT2D eigenvalue weighted by Crippen LogP contribution is 2.30. The maximum atomic E-state index is 12.4. The molecular weight excluding hydrogens is 368 g/mol. The Morgan fingerprint density at radius 1 is 1.17 bits per heavy atom. The normalized spacial score (nSPS) is 14.5. The lowest BCUT2D eigenvalue weighted by atomic mass is 10.1. The second-order valence-electron chi connectivity index (χ2n) is 5.77. The van der Waals surface area contributed by atoms with Gasteiger partial charge >= 0.3 is 0 Å². The first-order valence-corrected chi connectivity index (χ1v) is 8.99. The van der Waals surface area contributed by atoms with Crippen LogP contribution in [0.4, 0.5) is 11.4 Å². The topological polar surface area (TPSA) is 41.6 Å². The Balaban J connectivity index is 1.70. The number of amides is 1. The minimum Gasteiger partial charge on any atom is -0.378 e. The number of anilines is 2. The molecule has 0 spiro atoms. The Labute approximate surface area is 150 Å². The summed E-state index contributed by atoms with van der Waals surface area (Å²) in [7, 11) is 0. The average molecular weight is 389 g/mol. The summed E-state index contributed by atoms with van der Waals surface area (Å²) in [6, 6.07) is 13.6. The number of hydrogen-bond donors (Lipinski definition) is 1. The molecule has 5 heteroatoms. The lowest BCUT2D eigenvalue weighted by Crippen LogP contribution is -2.36. The van der Waals surface area contributed by atoms with Crippen LogP contribution < -0.4 is 10.2 Å². The molecule has 1 N–H and O–H groups in total. The molecule has 1 saturated heterocycles. The van der Waals surface area contributed by atoms with Crippen LogP contribution in [0.2, 0.25) is 0 Å². The van der Waals surface area contributed by atoms with Crippen LogP contribution in [0.15, 0.2) is 46.9 Å². The third-order valence-electron chi connectivity index (χ3n) is 4.18. The molecule has 0 atom stereocenters. The van der Waals surface area contributed by atoms with Crippen molar-refractivity contribution in [2.75, 3.05) is 36.5 Å². The van der Waals surface area contributed by atoms with Crippen LogP contribution in [0.3, 0.4) is 0 Å². The Morgan fingerprint density at radius 3 is 2.50 bits per heavy atom. The number of carbonyl (C=O) groups is 1. The number of carbonyl (C=O) groups excluding carboxylic acids is 1. The fourth-order valence-electron chi connectivity index (χ4n) is 2.74. The van der Waals surface area contributed by atoms with Crippen molar-refractivity contribution in [2.45, 2.75) is 13.3 Å². The molecule has 1 heterocycles. The molecule has 0 unspecified atom stereocenters. The van der Waals surface area contributed by atoms with Crippen LogP contribution >= 0.6 is 15.9 Å². The average Bonchev–Trinajstić information content (AvgIpc) is 2.62. The number of nitrogens with one attached hydrogen (secondary N) is 1. The van der Waals surface area contributed by atoms with Crippen molar-refractivity contribution >= 4 is 33.2 Å². The van der Waals surface area contributed by atoms with Crippen molar-refractivity contribution in [3.63, 3.8) is 0 Å². The first kappa shape index (κ1) is 17.0. The number of morpholine rings is 1. The van der Waals surface area contributed by atoms with Gasteiger partial charge in [-0.15, -0.1) is 0 Å². The zero-order chi connectivity index (χ0) is 16.9. The van der Waals surface area contributed by atoms with Crippen LogP contribution in [-0.4, -0.2) is 32.2 Å². The molecule has 0 saturated carbocycles. The van der Waals surface area contributed by atoms with E-state index in [9.17, 15) is 4.79 Å². The molecule has 1 aliphatic heterocycles. The van der Waals surface area contributed by atoms with E-state index in [2.05, 4.69) is 33.1 Å². The van der Waals surface area contributed by atoms with Gasteiger partial charge in [-0.1, -0.05) is 19.1 Å². The molecule has 1 amide bonds. The van der Waals surface area contributed by atoms with Gasteiger partial charge in [0.25, 0.3) is 5.91 Å². The summed E-state index contributed by atoms with van der Waals surface area (Å²) in [6.07, 6.45) is 0.970. The van der Waals surface area contributed by atoms with E-state index in [1.165, 1.54) is 5.56 Å². The van der Waals surface area contributed by atoms with Gasteiger partial charge in [0.2, 0.25) is 0 Å². The molecule has 0 radical (unpaired) electrons. The summed E-state index contributed by atoms with van der Waals surface area (Å²) in [6.45, 7) is 5.36. The molecule has 4 nitrogen and oxygen atoms in total. The first-order chi connectivity index (χ1) is 11.7. The molecule has 0 aliphatic carbocycles. The number of aryl methyl sites for hydroxylation is 1. The third-order valence-corrected chi connectivity index (χ3v) is 4.82. The summed E-state index contributed by atoms with van der Waals surface area (Å²) < 4.78 is 6.36. The lowest BCUT2D eigenvalue weighted by Gasteiger charge is -2.29. The molecule has 126 valence electrons. The number of hydrogen-bond acceptors (Lipinski definition) is 3. The maximum Gasteiger partial charge on any atom is 0.255 e. The highest BCUT2D eigenvalue weighted by Gasteiger charge is 2.15. The predicted octanol–water partition coefficient (Wildman–Crippen LogP) is 4.10. The third kappa shape index (κ3) is 3.97. The minimum atomic E-state index is -0.0938. The molecule has 2 aromatic rings. The second-order valence-corrected chi connectivity index (χ2v) is 6.62. The fourth-order valence-corrected chi connectivity index (χ4v) is 3.37. The summed E-state index contributed by atoms with van der Waals surface area (Å²) in [5.41, 5.74) is 3.80. The minimum absolute atomic E-state index is 0.0938. The van der Waals surface area contributed by atoms with Crippen LogP contribution in [0.5, 0.6) is 0 Å². The van der Waals surface area contributed by atoms with E-state index in [4.69, 9.17) is 4.74 Å². The van der Waals surface area contributed by atoms with E-state index in [1.54, 1.807) is 0 Å². The van der Waals surface area contributed by atoms with Crippen LogP contribution in [0, 0.1) is 0 Å². The summed E-state index contributed by atoms with van der Waals surface area (Å²) in [5, 5.41) is 2.95. The lowest BCUT2D eigenvalue weighted by molar-refractivity contribution is 0.102. The zero-order valence-corrected chi connectivity index (χ0v) is 15.3. The molecule has 1 fully saturated rings. The standard InChI is InChI=1S/C19H21BrN2O2/c1-2-14-3-5-15(6-4-14)19(23)21-16-7-8-18(17(20)13-16)22-9-11-24-12-10-22/h3-8,13H,2,9-12H2,1H3,(H,21,23). The van der Waals surface area contributed by atoms with Gasteiger partial charge in [-0.2, -0.15) is 0 Å². The van der Waals surface area contributed by atoms with E-state index in [0.29, 0.717) is 5.56 Å². The van der Waals surface area contributed by atoms with Crippen molar-refractivity contribution < 1.29 is 9.53 Å². The van der Waals surface area contributed by atoms with Crippen LogP contribution in [0.25, 0.3) is 0 Å². The number of halogens is 1. The number of rotatable bonds is 4. The summed E-state index contributed by atoms with van der Waals surface area (Å²) >= 11 is 3.61. The summed E-state index contributed by atoms with van der Waals surface area (Å²) in [5.74, 6) is -0.0938. The van der Waals surface area contributed by atoms with Gasteiger partial charge in [0.05, 0.1) is 18.9 Å². The largest absolute Gasteiger partial charge is 0.378 e. The van der Waals surface area contributed by atoms with E-state index in [-0.39, 0.29) is 5.91 Å². The van der Waals surface area contributed by atoms with Gasteiger partial charge in [-0.25, -0.2) is 0 Å². The predicted molar refractivity (Wildman–Crippen MR) is 101 cm³/mol. The Bertz CT molecular complexity index is 710. The van der Waals surface area contributed by atoms with Gasteiger partial charge in [-0.05, 0) is 58.2 Å². The van der Waals surface area contributed by atoms with Gasteiger partial charge < -0.3 is 15.0 Å². The SMILES string of the molecule is CCc1ccc(C(=O)Nc2ccc(N3CCOCC3)c(Br)c2)cc1. The van der Waals surface area contributed by atoms with Crippen LogP contribution in [0.1, 0.15) is 22.8 Å². The van der Waals surface area contributed by atoms with Crippen molar-refractivity contribution in [1.82, 2.24) is 0 Å². The molecule has 2 aromatic carbocycles. The quantitative estimate of drug-likeness (QED) is 0.856. The van der Waals surface area contributed by atoms with Gasteiger partial charge in [0, 0.05) is 28.8 Å². The highest BCUT2D eigenvalue weighted by molar-refractivity contribution is 9.10. The van der Waals surface area contributed by atoms with Crippen molar-refractivity contribution in [2.24, 2.45) is 0 Å². The molecule has 1 aliphatic rings. The van der Waals surface area contributed by atoms with E-state index in [0.717, 1.165) is 48.6 Å². The van der Waals surface area contributed by atoms with E-state index < -0.39 is 0 Å². The number of nitrogens with zero attached hydrogens (tertiary/aromatic N) is 1. The highest BCUT2D eigenvalue weighted by atomic mass is 79.9. The number of ether oxygens (including phenoxy) is 1. The molecule has 0 aromatic heterocycles. The Morgan fingerprint density at radius 2 is 1.88 bits per heavy atom. The van der Waals surface area contributed by atoms with Gasteiger partial charge in [-0.3, -0.25) is 4.79 Å². The van der Waals surface area contributed by atoms with Crippen molar-refractivity contribution in [3.05, 3.63) is 58.1 Å². The second kappa shape index (κ2) is 7.81. The number of benzene rings is 2. The maximum absolute atomic E-state index is 12.4. The van der Waals surface area contributed by atoms with Crippen LogP contribution in [-0.2, 0) is 11.2 Å². The smallest absolute Gasteiger partial charge is 0.255 e. The molecular formula is C19H21BrN2O2. The molecule has 3 rings (SSSR count). The fraction of sp³-hybridized carbons (Fsp3) is 0.316. The van der Waals surface area contributed by atoms with Crippen molar-refractivity contribution in [3.8, 4) is 0 Å². The Hall–Kier alpha value is -1.85. The zero-order valence-electron chi connectivity index (χ0n) is 13.7. The molecule has 0 bridgehead atoms. The Kier molecular flexibility index (Phi) is 5.53.